The first-order chi connectivity index (χ1) is 16.2. The zero-order valence-electron chi connectivity index (χ0n) is 21.4. The second-order valence-corrected chi connectivity index (χ2v) is 8.84. The van der Waals surface area contributed by atoms with Crippen LogP contribution in [-0.2, 0) is 17.9 Å². The summed E-state index contributed by atoms with van der Waals surface area (Å²) >= 11 is 0. The highest BCUT2D eigenvalue weighted by atomic mass is 19.1. The number of halogens is 1. The number of allylic oxidation sites excluding steroid dienone is 3. The van der Waals surface area contributed by atoms with E-state index in [9.17, 15) is 9.18 Å². The van der Waals surface area contributed by atoms with E-state index in [0.717, 1.165) is 58.5 Å². The number of terminal acetylenes is 1. The number of hydrogen-bond acceptors (Lipinski definition) is 5. The first-order valence-electron chi connectivity index (χ1n) is 12.0. The average Bonchev–Trinajstić information content (AvgIpc) is 3.51. The van der Waals surface area contributed by atoms with Gasteiger partial charge in [0.05, 0.1) is 24.3 Å². The Hall–Kier alpha value is -2.47. The average molecular weight is 475 g/mol. The molecule has 0 spiro atoms. The van der Waals surface area contributed by atoms with Crippen molar-refractivity contribution in [3.63, 3.8) is 0 Å². The summed E-state index contributed by atoms with van der Waals surface area (Å²) in [7, 11) is 0. The van der Waals surface area contributed by atoms with Crippen molar-refractivity contribution in [1.82, 2.24) is 24.9 Å². The Morgan fingerprint density at radius 1 is 1.32 bits per heavy atom. The van der Waals surface area contributed by atoms with Gasteiger partial charge in [-0.15, -0.1) is 12.3 Å². The van der Waals surface area contributed by atoms with E-state index < -0.39 is 0 Å². The number of carbonyl (C=O) groups excluding carboxylic acids is 1. The van der Waals surface area contributed by atoms with E-state index in [1.807, 2.05) is 37.1 Å². The summed E-state index contributed by atoms with van der Waals surface area (Å²) in [6.45, 7) is 15.8. The third-order valence-corrected chi connectivity index (χ3v) is 5.75. The van der Waals surface area contributed by atoms with Crippen LogP contribution in [0.3, 0.4) is 0 Å². The lowest BCUT2D eigenvalue weighted by Crippen LogP contribution is -2.55. The zero-order chi connectivity index (χ0) is 25.5. The van der Waals surface area contributed by atoms with Crippen LogP contribution < -0.4 is 5.73 Å². The lowest BCUT2D eigenvalue weighted by atomic mass is 10.00. The monoisotopic (exact) mass is 474 g/mol. The summed E-state index contributed by atoms with van der Waals surface area (Å²) < 4.78 is 10.8. The molecule has 2 atom stereocenters. The van der Waals surface area contributed by atoms with Crippen molar-refractivity contribution in [2.75, 3.05) is 32.7 Å². The molecule has 3 aliphatic heterocycles. The third kappa shape index (κ3) is 10.6. The molecule has 0 saturated carbocycles. The van der Waals surface area contributed by atoms with E-state index in [4.69, 9.17) is 5.73 Å². The van der Waals surface area contributed by atoms with Crippen LogP contribution in [0.4, 0.5) is 4.39 Å². The quantitative estimate of drug-likeness (QED) is 0.518. The van der Waals surface area contributed by atoms with Crippen molar-refractivity contribution in [2.24, 2.45) is 5.73 Å². The Labute approximate surface area is 205 Å². The van der Waals surface area contributed by atoms with Crippen molar-refractivity contribution < 1.29 is 9.18 Å². The van der Waals surface area contributed by atoms with Crippen LogP contribution >= 0.6 is 0 Å². The van der Waals surface area contributed by atoms with Crippen LogP contribution in [0.25, 0.3) is 0 Å². The van der Waals surface area contributed by atoms with Gasteiger partial charge in [0, 0.05) is 56.9 Å². The molecule has 1 amide bonds. The fourth-order valence-electron chi connectivity index (χ4n) is 4.20. The molecule has 1 aromatic heterocycles. The standard InChI is InChI=1S/C16H26N6O.C4H8.C3H5F.C3H4/c17-13-5-14(22-7-12-6-18-19-15(12)10-22)9-20(8-13)11-16(23)21-3-1-2-4-21;1-3-4-2;1-3(2)4;1-3-2/h6,13-14H,1-5,7-11,17H2,(H,18,19);3-4H,1-2H3;1H2,2H3;1H,2H3/b;4-3-;;/t13-,14+;;;/m0.../s1. The number of aromatic nitrogens is 2. The first-order valence-corrected chi connectivity index (χ1v) is 12.0. The minimum absolute atomic E-state index is 0.150. The molecule has 0 aliphatic carbocycles. The smallest absolute Gasteiger partial charge is 0.236 e. The SMILES string of the molecule is C#CC.C/C=C\C.C=C(C)F.N[C@H]1C[C@@H](N2Cc3cn[nH]c3C2)CN(CC(=O)N2CCCC2)C1. The number of likely N-dealkylation sites (tertiary alicyclic amines) is 2. The summed E-state index contributed by atoms with van der Waals surface area (Å²) in [5.41, 5.74) is 8.80. The number of amides is 1. The Balaban J connectivity index is 0.000000447. The summed E-state index contributed by atoms with van der Waals surface area (Å²) in [6.07, 6.45) is 13.8. The summed E-state index contributed by atoms with van der Waals surface area (Å²) in [5.74, 6) is 2.19. The number of nitrogens with one attached hydrogen (secondary N) is 1. The number of piperidine rings is 1. The highest BCUT2D eigenvalue weighted by Crippen LogP contribution is 2.26. The van der Waals surface area contributed by atoms with Crippen LogP contribution in [0.2, 0.25) is 0 Å². The van der Waals surface area contributed by atoms with Gasteiger partial charge in [-0.25, -0.2) is 4.39 Å². The molecule has 0 radical (unpaired) electrons. The maximum Gasteiger partial charge on any atom is 0.236 e. The Bertz CT molecular complexity index is 780. The van der Waals surface area contributed by atoms with Crippen LogP contribution in [0.15, 0.2) is 30.8 Å². The molecule has 0 unspecified atom stereocenters. The van der Waals surface area contributed by atoms with E-state index in [-0.39, 0.29) is 17.8 Å². The van der Waals surface area contributed by atoms with Crippen LogP contribution in [0, 0.1) is 12.3 Å². The highest BCUT2D eigenvalue weighted by molar-refractivity contribution is 5.78. The predicted octanol–water partition coefficient (Wildman–Crippen LogP) is 3.46. The van der Waals surface area contributed by atoms with Crippen molar-refractivity contribution in [1.29, 1.82) is 0 Å². The maximum absolute atomic E-state index is 12.4. The van der Waals surface area contributed by atoms with Gasteiger partial charge in [0.2, 0.25) is 5.91 Å². The number of H-pyrrole nitrogens is 1. The molecule has 34 heavy (non-hydrogen) atoms. The van der Waals surface area contributed by atoms with Gasteiger partial charge in [0.15, 0.2) is 0 Å². The van der Waals surface area contributed by atoms with Gasteiger partial charge in [0.1, 0.15) is 0 Å². The number of nitrogens with two attached hydrogens (primary N) is 1. The van der Waals surface area contributed by atoms with Gasteiger partial charge in [-0.05, 0) is 47.0 Å². The normalized spacial score (nSPS) is 21.9. The molecule has 190 valence electrons. The summed E-state index contributed by atoms with van der Waals surface area (Å²) in [6, 6.07) is 0.572. The van der Waals surface area contributed by atoms with Crippen LogP contribution in [0.5, 0.6) is 0 Å². The molecular weight excluding hydrogens is 431 g/mol. The molecule has 0 aromatic carbocycles. The second kappa shape index (κ2) is 16.2. The van der Waals surface area contributed by atoms with Gasteiger partial charge in [0.25, 0.3) is 0 Å². The number of aromatic amines is 1. The largest absolute Gasteiger partial charge is 0.342 e. The lowest BCUT2D eigenvalue weighted by molar-refractivity contribution is -0.132. The minimum Gasteiger partial charge on any atom is -0.342 e. The molecule has 2 saturated heterocycles. The number of rotatable bonds is 3. The molecule has 4 rings (SSSR count). The number of hydrogen-bond donors (Lipinski definition) is 2. The number of carbonyl (C=O) groups is 1. The molecule has 3 N–H and O–H groups in total. The fraction of sp³-hybridized carbons (Fsp3) is 0.615. The Kier molecular flexibility index (Phi) is 14.1. The van der Waals surface area contributed by atoms with Crippen molar-refractivity contribution in [2.45, 2.75) is 72.1 Å². The maximum atomic E-state index is 12.4. The van der Waals surface area contributed by atoms with Gasteiger partial charge in [-0.2, -0.15) is 5.10 Å². The third-order valence-electron chi connectivity index (χ3n) is 5.75. The number of fused-ring (bicyclic) bond motifs is 1. The fourth-order valence-corrected chi connectivity index (χ4v) is 4.20. The minimum atomic E-state index is -0.333. The van der Waals surface area contributed by atoms with Crippen molar-refractivity contribution >= 4 is 5.91 Å². The molecule has 1 aromatic rings. The van der Waals surface area contributed by atoms with Gasteiger partial charge in [-0.3, -0.25) is 19.7 Å². The first kappa shape index (κ1) is 29.6. The molecule has 2 fully saturated rings. The number of nitrogens with zero attached hydrogens (tertiary/aromatic N) is 4. The van der Waals surface area contributed by atoms with E-state index in [2.05, 4.69) is 38.9 Å². The van der Waals surface area contributed by atoms with E-state index >= 15 is 0 Å². The predicted molar refractivity (Wildman–Crippen MR) is 137 cm³/mol. The van der Waals surface area contributed by atoms with Crippen LogP contribution in [-0.4, -0.2) is 75.6 Å². The Morgan fingerprint density at radius 2 is 1.91 bits per heavy atom. The topological polar surface area (TPSA) is 81.5 Å². The molecular formula is C26H43FN6O. The molecule has 3 aliphatic rings. The van der Waals surface area contributed by atoms with Crippen LogP contribution in [0.1, 0.15) is 58.2 Å². The van der Waals surface area contributed by atoms with Gasteiger partial charge >= 0.3 is 0 Å². The zero-order valence-corrected chi connectivity index (χ0v) is 21.4. The highest BCUT2D eigenvalue weighted by Gasteiger charge is 2.34. The Morgan fingerprint density at radius 3 is 2.44 bits per heavy atom. The second-order valence-electron chi connectivity index (χ2n) is 8.84. The summed E-state index contributed by atoms with van der Waals surface area (Å²) in [5, 5.41) is 7.18. The van der Waals surface area contributed by atoms with E-state index in [0.29, 0.717) is 12.6 Å². The van der Waals surface area contributed by atoms with Crippen molar-refractivity contribution in [3.05, 3.63) is 42.0 Å². The molecule has 8 heteroatoms. The molecule has 4 heterocycles. The van der Waals surface area contributed by atoms with E-state index in [1.54, 1.807) is 6.92 Å². The molecule has 7 nitrogen and oxygen atoms in total. The van der Waals surface area contributed by atoms with Gasteiger partial charge in [-0.1, -0.05) is 18.7 Å². The van der Waals surface area contributed by atoms with Crippen molar-refractivity contribution in [3.8, 4) is 12.3 Å². The lowest BCUT2D eigenvalue weighted by Gasteiger charge is -2.40. The summed E-state index contributed by atoms with van der Waals surface area (Å²) in [4.78, 5) is 19.1. The molecule has 0 bridgehead atoms. The van der Waals surface area contributed by atoms with Gasteiger partial charge < -0.3 is 10.6 Å². The van der Waals surface area contributed by atoms with E-state index in [1.165, 1.54) is 18.2 Å².